The number of aryl methyl sites for hydroxylation is 1. The third kappa shape index (κ3) is 3.69. The number of aliphatic hydroxyl groups excluding tert-OH is 1. The first-order chi connectivity index (χ1) is 8.06. The molecule has 0 bridgehead atoms. The van der Waals surface area contributed by atoms with E-state index in [0.717, 1.165) is 0 Å². The molecule has 0 heterocycles. The van der Waals surface area contributed by atoms with Crippen LogP contribution in [0.5, 0.6) is 5.75 Å². The third-order valence-electron chi connectivity index (χ3n) is 2.25. The Balaban J connectivity index is 2.79. The average molecular weight is 240 g/mol. The van der Waals surface area contributed by atoms with Crippen LogP contribution in [0.1, 0.15) is 5.56 Å². The Bertz CT molecular complexity index is 395. The van der Waals surface area contributed by atoms with Gasteiger partial charge in [-0.2, -0.15) is 0 Å². The van der Waals surface area contributed by atoms with Gasteiger partial charge in [-0.3, -0.25) is 10.1 Å². The van der Waals surface area contributed by atoms with Crippen molar-refractivity contribution in [1.82, 2.24) is 5.32 Å². The van der Waals surface area contributed by atoms with Crippen molar-refractivity contribution in [2.45, 2.75) is 13.0 Å². The Morgan fingerprint density at radius 3 is 2.88 bits per heavy atom. The third-order valence-corrected chi connectivity index (χ3v) is 2.25. The smallest absolute Gasteiger partial charge is 0.311 e. The molecule has 1 rings (SSSR count). The zero-order valence-corrected chi connectivity index (χ0v) is 9.84. The summed E-state index contributed by atoms with van der Waals surface area (Å²) in [7, 11) is 1.71. The molecule has 0 aliphatic heterocycles. The molecule has 6 heteroatoms. The fraction of sp³-hybridized carbons (Fsp3) is 0.455. The van der Waals surface area contributed by atoms with Crippen molar-refractivity contribution < 1.29 is 14.8 Å². The maximum absolute atomic E-state index is 10.8. The molecule has 0 aromatic heterocycles. The fourth-order valence-corrected chi connectivity index (χ4v) is 1.44. The van der Waals surface area contributed by atoms with Gasteiger partial charge < -0.3 is 15.2 Å². The van der Waals surface area contributed by atoms with E-state index in [9.17, 15) is 15.2 Å². The standard InChI is InChI=1S/C11H16N2O4/c1-8-4-3-5-10(13(15)16)11(8)17-7-9(14)6-12-2/h3-5,9,12,14H,6-7H2,1-2H3. The van der Waals surface area contributed by atoms with Crippen LogP contribution in [0, 0.1) is 17.0 Å². The lowest BCUT2D eigenvalue weighted by atomic mass is 10.2. The molecule has 6 nitrogen and oxygen atoms in total. The predicted octanol–water partition coefficient (Wildman–Crippen LogP) is 0.862. The van der Waals surface area contributed by atoms with Crippen molar-refractivity contribution in [3.05, 3.63) is 33.9 Å². The van der Waals surface area contributed by atoms with Gasteiger partial charge in [-0.25, -0.2) is 0 Å². The van der Waals surface area contributed by atoms with E-state index < -0.39 is 11.0 Å². The van der Waals surface area contributed by atoms with Gasteiger partial charge in [-0.15, -0.1) is 0 Å². The van der Waals surface area contributed by atoms with Crippen molar-refractivity contribution in [2.75, 3.05) is 20.2 Å². The molecule has 1 aromatic carbocycles. The summed E-state index contributed by atoms with van der Waals surface area (Å²) in [6.45, 7) is 2.12. The van der Waals surface area contributed by atoms with Crippen molar-refractivity contribution in [3.8, 4) is 5.75 Å². The number of nitro groups is 1. The van der Waals surface area contributed by atoms with Gasteiger partial charge in [0.25, 0.3) is 0 Å². The molecule has 1 unspecified atom stereocenters. The first-order valence-corrected chi connectivity index (χ1v) is 5.25. The Morgan fingerprint density at radius 1 is 1.59 bits per heavy atom. The molecule has 0 radical (unpaired) electrons. The van der Waals surface area contributed by atoms with E-state index in [0.29, 0.717) is 12.1 Å². The van der Waals surface area contributed by atoms with Gasteiger partial charge in [0.1, 0.15) is 12.7 Å². The van der Waals surface area contributed by atoms with E-state index in [1.807, 2.05) is 0 Å². The number of para-hydroxylation sites is 1. The van der Waals surface area contributed by atoms with Crippen LogP contribution < -0.4 is 10.1 Å². The van der Waals surface area contributed by atoms with Gasteiger partial charge in [-0.1, -0.05) is 12.1 Å². The molecule has 2 N–H and O–H groups in total. The van der Waals surface area contributed by atoms with Crippen molar-refractivity contribution in [3.63, 3.8) is 0 Å². The van der Waals surface area contributed by atoms with Crippen LogP contribution in [-0.2, 0) is 0 Å². The lowest BCUT2D eigenvalue weighted by molar-refractivity contribution is -0.386. The molecule has 94 valence electrons. The Morgan fingerprint density at radius 2 is 2.29 bits per heavy atom. The Kier molecular flexibility index (Phi) is 4.86. The van der Waals surface area contributed by atoms with Crippen LogP contribution >= 0.6 is 0 Å². The van der Waals surface area contributed by atoms with E-state index >= 15 is 0 Å². The normalized spacial score (nSPS) is 12.2. The zero-order chi connectivity index (χ0) is 12.8. The highest BCUT2D eigenvalue weighted by molar-refractivity contribution is 5.51. The number of nitro benzene ring substituents is 1. The number of nitrogens with one attached hydrogen (secondary N) is 1. The monoisotopic (exact) mass is 240 g/mol. The maximum atomic E-state index is 10.8. The van der Waals surface area contributed by atoms with E-state index in [2.05, 4.69) is 5.32 Å². The summed E-state index contributed by atoms with van der Waals surface area (Å²) >= 11 is 0. The summed E-state index contributed by atoms with van der Waals surface area (Å²) in [6, 6.07) is 4.71. The minimum atomic E-state index is -0.695. The molecule has 17 heavy (non-hydrogen) atoms. The van der Waals surface area contributed by atoms with Crippen LogP contribution in [0.4, 0.5) is 5.69 Å². The molecule has 0 amide bonds. The summed E-state index contributed by atoms with van der Waals surface area (Å²) in [5, 5.41) is 23.1. The highest BCUT2D eigenvalue weighted by Gasteiger charge is 2.17. The Hall–Kier alpha value is -1.66. The van der Waals surface area contributed by atoms with Crippen LogP contribution in [0.25, 0.3) is 0 Å². The van der Waals surface area contributed by atoms with Gasteiger partial charge in [-0.05, 0) is 19.5 Å². The lowest BCUT2D eigenvalue weighted by Crippen LogP contribution is -2.29. The molecule has 0 aliphatic rings. The zero-order valence-electron chi connectivity index (χ0n) is 9.84. The number of ether oxygens (including phenoxy) is 1. The molecular weight excluding hydrogens is 224 g/mol. The number of likely N-dealkylation sites (N-methyl/N-ethyl adjacent to an activating group) is 1. The average Bonchev–Trinajstić information content (AvgIpc) is 2.27. The van der Waals surface area contributed by atoms with E-state index in [-0.39, 0.29) is 18.0 Å². The summed E-state index contributed by atoms with van der Waals surface area (Å²) in [4.78, 5) is 10.3. The maximum Gasteiger partial charge on any atom is 0.311 e. The molecule has 0 aliphatic carbocycles. The van der Waals surface area contributed by atoms with Crippen LogP contribution in [-0.4, -0.2) is 36.3 Å². The first-order valence-electron chi connectivity index (χ1n) is 5.25. The first kappa shape index (κ1) is 13.4. The molecular formula is C11H16N2O4. The van der Waals surface area contributed by atoms with Gasteiger partial charge in [0, 0.05) is 12.6 Å². The van der Waals surface area contributed by atoms with E-state index in [1.54, 1.807) is 26.1 Å². The number of hydrogen-bond donors (Lipinski definition) is 2. The van der Waals surface area contributed by atoms with Gasteiger partial charge in [0.05, 0.1) is 4.92 Å². The topological polar surface area (TPSA) is 84.6 Å². The minimum Gasteiger partial charge on any atom is -0.484 e. The van der Waals surface area contributed by atoms with E-state index in [4.69, 9.17) is 4.74 Å². The summed E-state index contributed by atoms with van der Waals surface area (Å²) < 4.78 is 5.31. The molecule has 1 aromatic rings. The molecule has 1 atom stereocenters. The van der Waals surface area contributed by atoms with Gasteiger partial charge >= 0.3 is 5.69 Å². The minimum absolute atomic E-state index is 0.0204. The number of rotatable bonds is 6. The number of nitrogens with zero attached hydrogens (tertiary/aromatic N) is 1. The molecule has 0 spiro atoms. The van der Waals surface area contributed by atoms with Crippen molar-refractivity contribution in [1.29, 1.82) is 0 Å². The molecule has 0 saturated heterocycles. The van der Waals surface area contributed by atoms with Crippen LogP contribution in [0.3, 0.4) is 0 Å². The van der Waals surface area contributed by atoms with Crippen LogP contribution in [0.15, 0.2) is 18.2 Å². The second kappa shape index (κ2) is 6.17. The highest BCUT2D eigenvalue weighted by atomic mass is 16.6. The second-order valence-corrected chi connectivity index (χ2v) is 3.70. The van der Waals surface area contributed by atoms with Gasteiger partial charge in [0.15, 0.2) is 5.75 Å². The Labute approximate surface area is 99.4 Å². The quantitative estimate of drug-likeness (QED) is 0.569. The van der Waals surface area contributed by atoms with Crippen molar-refractivity contribution in [2.24, 2.45) is 0 Å². The summed E-state index contributed by atoms with van der Waals surface area (Å²) in [5.41, 5.74) is 0.595. The predicted molar refractivity (Wildman–Crippen MR) is 63.3 cm³/mol. The van der Waals surface area contributed by atoms with Crippen molar-refractivity contribution >= 4 is 5.69 Å². The number of aliphatic hydroxyl groups is 1. The molecule has 0 saturated carbocycles. The number of hydrogen-bond acceptors (Lipinski definition) is 5. The summed E-state index contributed by atoms with van der Waals surface area (Å²) in [6.07, 6.45) is -0.695. The summed E-state index contributed by atoms with van der Waals surface area (Å²) in [5.74, 6) is 0.215. The largest absolute Gasteiger partial charge is 0.484 e. The van der Waals surface area contributed by atoms with E-state index in [1.165, 1.54) is 6.07 Å². The lowest BCUT2D eigenvalue weighted by Gasteiger charge is -2.13. The van der Waals surface area contributed by atoms with Crippen LogP contribution in [0.2, 0.25) is 0 Å². The number of benzene rings is 1. The van der Waals surface area contributed by atoms with Gasteiger partial charge in [0.2, 0.25) is 0 Å². The molecule has 0 fully saturated rings. The highest BCUT2D eigenvalue weighted by Crippen LogP contribution is 2.30. The fourth-order valence-electron chi connectivity index (χ4n) is 1.44. The SMILES string of the molecule is CNCC(O)COc1c(C)cccc1[N+](=O)[O-]. The second-order valence-electron chi connectivity index (χ2n) is 3.70.